The Hall–Kier alpha value is -3.19. The molecule has 0 unspecified atom stereocenters. The van der Waals surface area contributed by atoms with E-state index in [-0.39, 0.29) is 12.1 Å². The molecule has 0 atom stereocenters. The van der Waals surface area contributed by atoms with Crippen LogP contribution in [0.15, 0.2) is 71.6 Å². The van der Waals surface area contributed by atoms with Crippen LogP contribution in [-0.2, 0) is 16.4 Å². The number of para-hydroxylation sites is 1. The largest absolute Gasteiger partial charge is 0.322 e. The van der Waals surface area contributed by atoms with Gasteiger partial charge in [0.1, 0.15) is 10.7 Å². The van der Waals surface area contributed by atoms with Crippen molar-refractivity contribution in [1.82, 2.24) is 0 Å². The van der Waals surface area contributed by atoms with E-state index in [1.54, 1.807) is 30.3 Å². The lowest BCUT2D eigenvalue weighted by molar-refractivity contribution is 0.102. The number of carbonyl (C=O) groups is 1. The van der Waals surface area contributed by atoms with Gasteiger partial charge in [-0.05, 0) is 60.9 Å². The van der Waals surface area contributed by atoms with Gasteiger partial charge in [0, 0.05) is 17.8 Å². The van der Waals surface area contributed by atoms with E-state index in [1.165, 1.54) is 10.4 Å². The number of aryl methyl sites for hydroxylation is 1. The van der Waals surface area contributed by atoms with Crippen LogP contribution in [-0.4, -0.2) is 20.9 Å². The average molecular weight is 410 g/mol. The second-order valence-electron chi connectivity index (χ2n) is 6.92. The van der Waals surface area contributed by atoms with Gasteiger partial charge in [-0.1, -0.05) is 30.3 Å². The number of amides is 1. The number of nitrogens with zero attached hydrogens (tertiary/aromatic N) is 1. The fourth-order valence-electron chi connectivity index (χ4n) is 3.44. The first-order valence-corrected chi connectivity index (χ1v) is 10.6. The van der Waals surface area contributed by atoms with Crippen LogP contribution in [0.5, 0.6) is 0 Å². The van der Waals surface area contributed by atoms with Gasteiger partial charge in [0.15, 0.2) is 0 Å². The van der Waals surface area contributed by atoms with Gasteiger partial charge >= 0.3 is 0 Å². The van der Waals surface area contributed by atoms with Crippen LogP contribution in [0.4, 0.5) is 15.8 Å². The van der Waals surface area contributed by atoms with Crippen molar-refractivity contribution < 1.29 is 17.6 Å². The standard InChI is InChI=1S/C22H19FN2O3S/c1-15-5-4-7-18(13-15)24-22(26)17-9-10-19(23)21(14-17)29(27,28)25-12-11-16-6-2-3-8-20(16)25/h2-10,13-14H,11-12H2,1H3,(H,24,26). The maximum atomic E-state index is 14.5. The highest BCUT2D eigenvalue weighted by molar-refractivity contribution is 7.92. The maximum Gasteiger partial charge on any atom is 0.267 e. The molecule has 1 amide bonds. The van der Waals surface area contributed by atoms with Gasteiger partial charge in [-0.3, -0.25) is 9.10 Å². The average Bonchev–Trinajstić information content (AvgIpc) is 3.13. The molecule has 0 aromatic heterocycles. The van der Waals surface area contributed by atoms with Gasteiger partial charge in [-0.25, -0.2) is 12.8 Å². The summed E-state index contributed by atoms with van der Waals surface area (Å²) in [4.78, 5) is 12.1. The molecular weight excluding hydrogens is 391 g/mol. The van der Waals surface area contributed by atoms with Crippen molar-refractivity contribution in [2.75, 3.05) is 16.2 Å². The van der Waals surface area contributed by atoms with Crippen LogP contribution >= 0.6 is 0 Å². The van der Waals surface area contributed by atoms with Crippen molar-refractivity contribution in [3.63, 3.8) is 0 Å². The highest BCUT2D eigenvalue weighted by atomic mass is 32.2. The molecule has 0 aliphatic carbocycles. The van der Waals surface area contributed by atoms with E-state index in [0.717, 1.165) is 23.3 Å². The molecule has 3 aromatic carbocycles. The predicted molar refractivity (Wildman–Crippen MR) is 110 cm³/mol. The lowest BCUT2D eigenvalue weighted by atomic mass is 10.2. The van der Waals surface area contributed by atoms with Crippen LogP contribution in [0.2, 0.25) is 0 Å². The third kappa shape index (κ3) is 3.61. The zero-order valence-electron chi connectivity index (χ0n) is 15.7. The molecule has 4 rings (SSSR count). The highest BCUT2D eigenvalue weighted by Gasteiger charge is 2.33. The van der Waals surface area contributed by atoms with Crippen molar-refractivity contribution >= 4 is 27.3 Å². The van der Waals surface area contributed by atoms with E-state index in [0.29, 0.717) is 17.8 Å². The van der Waals surface area contributed by atoms with Crippen LogP contribution in [0.1, 0.15) is 21.5 Å². The molecule has 1 aliphatic rings. The van der Waals surface area contributed by atoms with Gasteiger partial charge in [-0.2, -0.15) is 0 Å². The Balaban J connectivity index is 1.67. The van der Waals surface area contributed by atoms with Crippen molar-refractivity contribution in [1.29, 1.82) is 0 Å². The summed E-state index contributed by atoms with van der Waals surface area (Å²) >= 11 is 0. The lowest BCUT2D eigenvalue weighted by Crippen LogP contribution is -2.30. The number of carbonyl (C=O) groups excluding carboxylic acids is 1. The van der Waals surface area contributed by atoms with Gasteiger partial charge in [0.2, 0.25) is 0 Å². The van der Waals surface area contributed by atoms with E-state index in [2.05, 4.69) is 5.32 Å². The summed E-state index contributed by atoms with van der Waals surface area (Å²) in [6.07, 6.45) is 0.560. The van der Waals surface area contributed by atoms with Crippen LogP contribution < -0.4 is 9.62 Å². The quantitative estimate of drug-likeness (QED) is 0.703. The van der Waals surface area contributed by atoms with Gasteiger partial charge in [0.05, 0.1) is 5.69 Å². The minimum absolute atomic E-state index is 0.0685. The Morgan fingerprint density at radius 1 is 1.03 bits per heavy atom. The van der Waals surface area contributed by atoms with Crippen LogP contribution in [0.3, 0.4) is 0 Å². The first-order chi connectivity index (χ1) is 13.9. The smallest absolute Gasteiger partial charge is 0.267 e. The summed E-state index contributed by atoms with van der Waals surface area (Å²) < 4.78 is 42.0. The molecule has 5 nitrogen and oxygen atoms in total. The molecule has 29 heavy (non-hydrogen) atoms. The summed E-state index contributed by atoms with van der Waals surface area (Å²) in [6.45, 7) is 2.13. The van der Waals surface area contributed by atoms with E-state index in [4.69, 9.17) is 0 Å². The zero-order chi connectivity index (χ0) is 20.6. The number of fused-ring (bicyclic) bond motifs is 1. The maximum absolute atomic E-state index is 14.5. The fourth-order valence-corrected chi connectivity index (χ4v) is 5.04. The summed E-state index contributed by atoms with van der Waals surface area (Å²) in [5.74, 6) is -1.39. The molecule has 0 bridgehead atoms. The SMILES string of the molecule is Cc1cccc(NC(=O)c2ccc(F)c(S(=O)(=O)N3CCc4ccccc43)c2)c1. The second-order valence-corrected chi connectivity index (χ2v) is 8.76. The van der Waals surface area contributed by atoms with E-state index >= 15 is 0 Å². The summed E-state index contributed by atoms with van der Waals surface area (Å²) in [6, 6.07) is 17.7. The zero-order valence-corrected chi connectivity index (χ0v) is 16.5. The van der Waals surface area contributed by atoms with Gasteiger partial charge in [0.25, 0.3) is 15.9 Å². The Labute approximate surface area is 168 Å². The lowest BCUT2D eigenvalue weighted by Gasteiger charge is -2.20. The molecule has 0 radical (unpaired) electrons. The molecule has 148 valence electrons. The molecule has 0 spiro atoms. The number of sulfonamides is 1. The van der Waals surface area contributed by atoms with Crippen molar-refractivity contribution in [2.45, 2.75) is 18.2 Å². The topological polar surface area (TPSA) is 66.5 Å². The monoisotopic (exact) mass is 410 g/mol. The molecule has 1 N–H and O–H groups in total. The first-order valence-electron chi connectivity index (χ1n) is 9.14. The van der Waals surface area contributed by atoms with Crippen LogP contribution in [0, 0.1) is 12.7 Å². The summed E-state index contributed by atoms with van der Waals surface area (Å²) in [5, 5.41) is 2.71. The molecule has 1 heterocycles. The Morgan fingerprint density at radius 3 is 2.62 bits per heavy atom. The molecular formula is C22H19FN2O3S. The minimum atomic E-state index is -4.14. The third-order valence-corrected chi connectivity index (χ3v) is 6.71. The van der Waals surface area contributed by atoms with E-state index < -0.39 is 26.6 Å². The van der Waals surface area contributed by atoms with E-state index in [1.807, 2.05) is 25.1 Å². The number of halogens is 1. The highest BCUT2D eigenvalue weighted by Crippen LogP contribution is 2.33. The summed E-state index contributed by atoms with van der Waals surface area (Å²) in [5.41, 5.74) is 3.06. The summed E-state index contributed by atoms with van der Waals surface area (Å²) in [7, 11) is -4.14. The van der Waals surface area contributed by atoms with Crippen LogP contribution in [0.25, 0.3) is 0 Å². The Kier molecular flexibility index (Phi) is 4.84. The van der Waals surface area contributed by atoms with Crippen molar-refractivity contribution in [3.8, 4) is 0 Å². The number of nitrogens with one attached hydrogen (secondary N) is 1. The number of hydrogen-bond acceptors (Lipinski definition) is 3. The molecule has 1 aliphatic heterocycles. The normalized spacial score (nSPS) is 13.2. The Bertz CT molecular complexity index is 1210. The minimum Gasteiger partial charge on any atom is -0.322 e. The van der Waals surface area contributed by atoms with Crippen molar-refractivity contribution in [3.05, 3.63) is 89.2 Å². The first kappa shape index (κ1) is 19.1. The molecule has 3 aromatic rings. The molecule has 0 fully saturated rings. The number of anilines is 2. The van der Waals surface area contributed by atoms with Crippen molar-refractivity contribution in [2.24, 2.45) is 0 Å². The molecule has 0 saturated carbocycles. The molecule has 7 heteroatoms. The van der Waals surface area contributed by atoms with E-state index in [9.17, 15) is 17.6 Å². The predicted octanol–water partition coefficient (Wildman–Crippen LogP) is 4.14. The fraction of sp³-hybridized carbons (Fsp3) is 0.136. The number of rotatable bonds is 4. The van der Waals surface area contributed by atoms with Gasteiger partial charge < -0.3 is 5.32 Å². The third-order valence-electron chi connectivity index (χ3n) is 4.88. The number of hydrogen-bond donors (Lipinski definition) is 1. The van der Waals surface area contributed by atoms with Gasteiger partial charge in [-0.15, -0.1) is 0 Å². The Morgan fingerprint density at radius 2 is 1.83 bits per heavy atom. The second kappa shape index (κ2) is 7.33. The molecule has 0 saturated heterocycles. The number of benzene rings is 3.